The van der Waals surface area contributed by atoms with E-state index in [4.69, 9.17) is 11.6 Å². The third-order valence-electron chi connectivity index (χ3n) is 2.48. The molecule has 3 aromatic rings. The fourth-order valence-electron chi connectivity index (χ4n) is 1.57. The quantitative estimate of drug-likeness (QED) is 0.755. The highest BCUT2D eigenvalue weighted by molar-refractivity contribution is 6.33. The Morgan fingerprint density at radius 2 is 2.33 bits per heavy atom. The molecule has 0 radical (unpaired) electrons. The van der Waals surface area contributed by atoms with Crippen LogP contribution >= 0.6 is 11.6 Å². The van der Waals surface area contributed by atoms with Crippen LogP contribution in [0.2, 0.25) is 5.15 Å². The molecule has 3 aromatic heterocycles. The number of nitrogens with zero attached hydrogens (tertiary/aromatic N) is 5. The van der Waals surface area contributed by atoms with Gasteiger partial charge >= 0.3 is 0 Å². The minimum atomic E-state index is 0.440. The molecule has 2 N–H and O–H groups in total. The summed E-state index contributed by atoms with van der Waals surface area (Å²) < 4.78 is 1.81. The number of H-pyrrole nitrogens is 1. The first-order chi connectivity index (χ1) is 8.76. The molecule has 0 bridgehead atoms. The van der Waals surface area contributed by atoms with Crippen LogP contribution in [0.5, 0.6) is 0 Å². The van der Waals surface area contributed by atoms with Crippen molar-refractivity contribution in [2.75, 3.05) is 5.32 Å². The predicted molar refractivity (Wildman–Crippen MR) is 67.9 cm³/mol. The summed E-state index contributed by atoms with van der Waals surface area (Å²) in [4.78, 5) is 8.41. The lowest BCUT2D eigenvalue weighted by molar-refractivity contribution is 0.660. The van der Waals surface area contributed by atoms with Crippen molar-refractivity contribution >= 4 is 34.3 Å². The number of aryl methyl sites for hydroxylation is 1. The highest BCUT2D eigenvalue weighted by Gasteiger charge is 2.07. The summed E-state index contributed by atoms with van der Waals surface area (Å²) in [5, 5.41) is 15.0. The number of anilines is 2. The van der Waals surface area contributed by atoms with Gasteiger partial charge in [0, 0.05) is 18.9 Å². The molecule has 92 valence electrons. The summed E-state index contributed by atoms with van der Waals surface area (Å²) in [5.41, 5.74) is 1.36. The first-order valence-corrected chi connectivity index (χ1v) is 5.80. The topological polar surface area (TPSA) is 84.3 Å². The van der Waals surface area contributed by atoms with Gasteiger partial charge in [0.15, 0.2) is 5.65 Å². The molecule has 0 unspecified atom stereocenters. The van der Waals surface area contributed by atoms with Crippen LogP contribution < -0.4 is 5.32 Å². The number of rotatable bonds is 3. The van der Waals surface area contributed by atoms with Crippen molar-refractivity contribution in [3.05, 3.63) is 23.7 Å². The van der Waals surface area contributed by atoms with E-state index in [1.807, 2.05) is 17.8 Å². The van der Waals surface area contributed by atoms with Gasteiger partial charge in [-0.2, -0.15) is 15.2 Å². The number of aromatic amines is 1. The molecular weight excluding hydrogens is 254 g/mol. The van der Waals surface area contributed by atoms with E-state index in [1.54, 1.807) is 12.4 Å². The van der Waals surface area contributed by atoms with Crippen LogP contribution in [0.15, 0.2) is 18.6 Å². The van der Waals surface area contributed by atoms with Crippen LogP contribution in [0.4, 0.5) is 11.6 Å². The first kappa shape index (κ1) is 11.0. The van der Waals surface area contributed by atoms with Gasteiger partial charge in [-0.25, -0.2) is 4.98 Å². The molecule has 0 aromatic carbocycles. The molecule has 0 aliphatic rings. The van der Waals surface area contributed by atoms with Crippen molar-refractivity contribution in [3.8, 4) is 0 Å². The van der Waals surface area contributed by atoms with Gasteiger partial charge in [-0.3, -0.25) is 9.78 Å². The Balaban J connectivity index is 1.90. The Labute approximate surface area is 107 Å². The van der Waals surface area contributed by atoms with E-state index < -0.39 is 0 Å². The molecule has 18 heavy (non-hydrogen) atoms. The average molecular weight is 264 g/mol. The van der Waals surface area contributed by atoms with Crippen LogP contribution in [-0.4, -0.2) is 29.9 Å². The van der Waals surface area contributed by atoms with Crippen LogP contribution in [0.25, 0.3) is 11.0 Å². The number of nitrogens with one attached hydrogen (secondary N) is 2. The summed E-state index contributed by atoms with van der Waals surface area (Å²) in [6, 6.07) is 0. The molecule has 0 atom stereocenters. The number of fused-ring (bicyclic) bond motifs is 1. The van der Waals surface area contributed by atoms with Crippen molar-refractivity contribution < 1.29 is 0 Å². The Hall–Kier alpha value is -2.15. The normalized spacial score (nSPS) is 11.0. The monoisotopic (exact) mass is 263 g/mol. The summed E-state index contributed by atoms with van der Waals surface area (Å²) >= 11 is 5.88. The van der Waals surface area contributed by atoms with Gasteiger partial charge in [0.1, 0.15) is 5.15 Å². The van der Waals surface area contributed by atoms with Gasteiger partial charge in [-0.15, -0.1) is 0 Å². The van der Waals surface area contributed by atoms with Gasteiger partial charge in [-0.1, -0.05) is 11.6 Å². The molecular formula is C10H10ClN7. The minimum absolute atomic E-state index is 0.440. The van der Waals surface area contributed by atoms with E-state index in [1.165, 1.54) is 0 Å². The molecule has 0 aliphatic heterocycles. The minimum Gasteiger partial charge on any atom is -0.321 e. The second-order valence-corrected chi connectivity index (χ2v) is 4.06. The molecule has 3 heterocycles. The molecule has 7 nitrogen and oxygen atoms in total. The van der Waals surface area contributed by atoms with Crippen LogP contribution in [0, 0.1) is 0 Å². The molecule has 0 fully saturated rings. The Morgan fingerprint density at radius 1 is 1.44 bits per heavy atom. The third-order valence-corrected chi connectivity index (χ3v) is 2.77. The van der Waals surface area contributed by atoms with Crippen molar-refractivity contribution in [1.82, 2.24) is 29.9 Å². The Morgan fingerprint density at radius 3 is 3.11 bits per heavy atom. The van der Waals surface area contributed by atoms with Gasteiger partial charge in [0.25, 0.3) is 0 Å². The predicted octanol–water partition coefficient (Wildman–Crippen LogP) is 1.97. The van der Waals surface area contributed by atoms with Crippen LogP contribution in [0.1, 0.15) is 6.92 Å². The van der Waals surface area contributed by atoms with Gasteiger partial charge in [0.2, 0.25) is 5.95 Å². The molecule has 0 spiro atoms. The van der Waals surface area contributed by atoms with Gasteiger partial charge in [-0.05, 0) is 6.92 Å². The molecule has 3 rings (SSSR count). The maximum Gasteiger partial charge on any atom is 0.229 e. The zero-order valence-electron chi connectivity index (χ0n) is 9.55. The standard InChI is InChI=1S/C10H10ClN7/c1-2-18-5-6(3-13-18)14-10-12-4-7-8(11)16-17-9(7)15-10/h3-5H,2H2,1H3,(H2,12,14,15,16,17). The zero-order chi connectivity index (χ0) is 12.5. The third kappa shape index (κ3) is 1.88. The van der Waals surface area contributed by atoms with E-state index in [9.17, 15) is 0 Å². The molecule has 8 heteroatoms. The number of hydrogen-bond acceptors (Lipinski definition) is 5. The first-order valence-electron chi connectivity index (χ1n) is 5.42. The largest absolute Gasteiger partial charge is 0.321 e. The summed E-state index contributed by atoms with van der Waals surface area (Å²) in [7, 11) is 0. The van der Waals surface area contributed by atoms with Crippen LogP contribution in [-0.2, 0) is 6.54 Å². The van der Waals surface area contributed by atoms with Crippen molar-refractivity contribution in [2.45, 2.75) is 13.5 Å². The number of hydrogen-bond donors (Lipinski definition) is 2. The molecule has 0 saturated carbocycles. The van der Waals surface area contributed by atoms with Gasteiger partial charge in [0.05, 0.1) is 17.3 Å². The molecule has 0 saturated heterocycles. The van der Waals surface area contributed by atoms with E-state index in [0.29, 0.717) is 22.1 Å². The van der Waals surface area contributed by atoms with Gasteiger partial charge < -0.3 is 5.32 Å². The van der Waals surface area contributed by atoms with Crippen molar-refractivity contribution in [3.63, 3.8) is 0 Å². The lowest BCUT2D eigenvalue weighted by atomic mass is 10.4. The number of aromatic nitrogens is 6. The molecule has 0 amide bonds. The summed E-state index contributed by atoms with van der Waals surface area (Å²) in [5.74, 6) is 0.460. The lowest BCUT2D eigenvalue weighted by Crippen LogP contribution is -1.96. The van der Waals surface area contributed by atoms with E-state index in [2.05, 4.69) is 30.6 Å². The fraction of sp³-hybridized carbons (Fsp3) is 0.200. The summed E-state index contributed by atoms with van der Waals surface area (Å²) in [6.45, 7) is 2.83. The maximum absolute atomic E-state index is 5.88. The van der Waals surface area contributed by atoms with E-state index in [0.717, 1.165) is 12.2 Å². The summed E-state index contributed by atoms with van der Waals surface area (Å²) in [6.07, 6.45) is 5.22. The second kappa shape index (κ2) is 4.26. The maximum atomic E-state index is 5.88. The smallest absolute Gasteiger partial charge is 0.229 e. The Bertz CT molecular complexity index is 686. The Kier molecular flexibility index (Phi) is 2.60. The SMILES string of the molecule is CCn1cc(Nc2ncc3c(Cl)[nH]nc3n2)cn1. The van der Waals surface area contributed by atoms with Crippen LogP contribution in [0.3, 0.4) is 0 Å². The van der Waals surface area contributed by atoms with Crippen molar-refractivity contribution in [1.29, 1.82) is 0 Å². The fourth-order valence-corrected chi connectivity index (χ4v) is 1.74. The highest BCUT2D eigenvalue weighted by atomic mass is 35.5. The van der Waals surface area contributed by atoms with Crippen molar-refractivity contribution in [2.24, 2.45) is 0 Å². The average Bonchev–Trinajstić information content (AvgIpc) is 2.97. The number of halogens is 1. The second-order valence-electron chi connectivity index (χ2n) is 3.68. The zero-order valence-corrected chi connectivity index (χ0v) is 10.3. The molecule has 0 aliphatic carbocycles. The van der Waals surface area contributed by atoms with E-state index >= 15 is 0 Å². The van der Waals surface area contributed by atoms with E-state index in [-0.39, 0.29) is 0 Å². The lowest BCUT2D eigenvalue weighted by Gasteiger charge is -2.00. The highest BCUT2D eigenvalue weighted by Crippen LogP contribution is 2.19.